The number of anilines is 1. The van der Waals surface area contributed by atoms with Crippen LogP contribution in [0.5, 0.6) is 0 Å². The van der Waals surface area contributed by atoms with Crippen LogP contribution in [0.3, 0.4) is 0 Å². The van der Waals surface area contributed by atoms with Gasteiger partial charge >= 0.3 is 6.09 Å². The molecule has 0 spiro atoms. The zero-order valence-electron chi connectivity index (χ0n) is 15.8. The second kappa shape index (κ2) is 7.85. The zero-order chi connectivity index (χ0) is 18.6. The zero-order valence-corrected chi connectivity index (χ0v) is 15.8. The third kappa shape index (κ3) is 6.72. The fourth-order valence-electron chi connectivity index (χ4n) is 2.57. The largest absolute Gasteiger partial charge is 0.444 e. The maximum atomic E-state index is 12.7. The number of nitrogens with zero attached hydrogens (tertiary/aromatic N) is 1. The van der Waals surface area contributed by atoms with E-state index in [-0.39, 0.29) is 5.91 Å². The van der Waals surface area contributed by atoms with Gasteiger partial charge in [0, 0.05) is 5.69 Å². The number of aryl methyl sites for hydroxylation is 2. The lowest BCUT2D eigenvalue weighted by Crippen LogP contribution is -2.46. The van der Waals surface area contributed by atoms with Crippen molar-refractivity contribution in [2.24, 2.45) is 5.92 Å². The molecule has 0 saturated heterocycles. The van der Waals surface area contributed by atoms with Crippen molar-refractivity contribution in [3.63, 3.8) is 0 Å². The Labute approximate surface area is 149 Å². The Morgan fingerprint density at radius 1 is 1.32 bits per heavy atom. The third-order valence-corrected chi connectivity index (χ3v) is 4.07. The predicted octanol–water partition coefficient (Wildman–Crippen LogP) is 3.72. The van der Waals surface area contributed by atoms with Gasteiger partial charge < -0.3 is 15.4 Å². The van der Waals surface area contributed by atoms with Crippen LogP contribution in [0.25, 0.3) is 0 Å². The minimum Gasteiger partial charge on any atom is -0.444 e. The summed E-state index contributed by atoms with van der Waals surface area (Å²) in [6.45, 7) is 9.22. The lowest BCUT2D eigenvalue weighted by molar-refractivity contribution is -0.118. The normalized spacial score (nSPS) is 15.4. The first-order chi connectivity index (χ1) is 11.6. The lowest BCUT2D eigenvalue weighted by Gasteiger charge is -2.23. The van der Waals surface area contributed by atoms with E-state index in [2.05, 4.69) is 15.6 Å². The minimum atomic E-state index is -0.615. The van der Waals surface area contributed by atoms with Crippen LogP contribution in [0.1, 0.15) is 57.7 Å². The summed E-state index contributed by atoms with van der Waals surface area (Å²) in [6.07, 6.45) is 5.03. The van der Waals surface area contributed by atoms with Gasteiger partial charge in [-0.15, -0.1) is 0 Å². The number of amides is 2. The van der Waals surface area contributed by atoms with Crippen molar-refractivity contribution in [3.8, 4) is 0 Å². The Hall–Kier alpha value is -2.11. The second-order valence-electron chi connectivity index (χ2n) is 7.85. The number of carbonyl (C=O) groups excluding carboxylic acids is 2. The number of hydrogen-bond donors (Lipinski definition) is 2. The van der Waals surface area contributed by atoms with Crippen molar-refractivity contribution in [1.29, 1.82) is 0 Å². The predicted molar refractivity (Wildman–Crippen MR) is 97.5 cm³/mol. The quantitative estimate of drug-likeness (QED) is 0.822. The molecule has 6 nitrogen and oxygen atoms in total. The summed E-state index contributed by atoms with van der Waals surface area (Å²) in [5, 5.41) is 5.59. The SMILES string of the molecule is Cc1cc(C)c(NC(=O)C(CCC2CC2)NC(=O)OC(C)(C)C)cn1. The number of pyridine rings is 1. The van der Waals surface area contributed by atoms with Crippen molar-refractivity contribution < 1.29 is 14.3 Å². The fraction of sp³-hybridized carbons (Fsp3) is 0.632. The van der Waals surface area contributed by atoms with E-state index in [0.29, 0.717) is 18.0 Å². The van der Waals surface area contributed by atoms with E-state index in [1.807, 2.05) is 19.9 Å². The van der Waals surface area contributed by atoms with Crippen LogP contribution in [0, 0.1) is 19.8 Å². The standard InChI is InChI=1S/C19H29N3O3/c1-12-10-13(2)20-11-16(12)21-17(23)15(9-8-14-6-7-14)22-18(24)25-19(3,4)5/h10-11,14-15H,6-9H2,1-5H3,(H,21,23)(H,22,24). The molecule has 6 heteroatoms. The van der Waals surface area contributed by atoms with Crippen molar-refractivity contribution in [2.45, 2.75) is 71.9 Å². The van der Waals surface area contributed by atoms with E-state index in [9.17, 15) is 9.59 Å². The van der Waals surface area contributed by atoms with Gasteiger partial charge in [-0.3, -0.25) is 9.78 Å². The Morgan fingerprint density at radius 2 is 2.00 bits per heavy atom. The molecule has 2 amide bonds. The highest BCUT2D eigenvalue weighted by atomic mass is 16.6. The highest BCUT2D eigenvalue weighted by Crippen LogP contribution is 2.34. The molecule has 0 aliphatic heterocycles. The molecule has 2 N–H and O–H groups in total. The number of aromatic nitrogens is 1. The van der Waals surface area contributed by atoms with E-state index >= 15 is 0 Å². The van der Waals surface area contributed by atoms with E-state index in [1.165, 1.54) is 12.8 Å². The van der Waals surface area contributed by atoms with E-state index in [0.717, 1.165) is 17.7 Å². The van der Waals surface area contributed by atoms with Gasteiger partial charge in [0.25, 0.3) is 0 Å². The molecular formula is C19H29N3O3. The molecule has 1 aromatic rings. The van der Waals surface area contributed by atoms with Crippen LogP contribution >= 0.6 is 0 Å². The molecule has 25 heavy (non-hydrogen) atoms. The van der Waals surface area contributed by atoms with Crippen LogP contribution in [-0.2, 0) is 9.53 Å². The summed E-state index contributed by atoms with van der Waals surface area (Å²) in [6, 6.07) is 1.30. The van der Waals surface area contributed by atoms with Gasteiger partial charge in [-0.25, -0.2) is 4.79 Å². The number of nitrogens with one attached hydrogen (secondary N) is 2. The van der Waals surface area contributed by atoms with Crippen LogP contribution in [0.2, 0.25) is 0 Å². The average Bonchev–Trinajstić information content (AvgIpc) is 3.28. The number of carbonyl (C=O) groups is 2. The second-order valence-corrected chi connectivity index (χ2v) is 7.85. The van der Waals surface area contributed by atoms with E-state index in [4.69, 9.17) is 4.74 Å². The van der Waals surface area contributed by atoms with Gasteiger partial charge in [0.1, 0.15) is 11.6 Å². The fourth-order valence-corrected chi connectivity index (χ4v) is 2.57. The highest BCUT2D eigenvalue weighted by molar-refractivity contribution is 5.97. The van der Waals surface area contributed by atoms with Crippen LogP contribution in [0.15, 0.2) is 12.3 Å². The summed E-state index contributed by atoms with van der Waals surface area (Å²) in [5.41, 5.74) is 1.91. The molecule has 1 atom stereocenters. The summed E-state index contributed by atoms with van der Waals surface area (Å²) < 4.78 is 5.29. The molecule has 1 fully saturated rings. The van der Waals surface area contributed by atoms with Gasteiger partial charge in [-0.2, -0.15) is 0 Å². The number of alkyl carbamates (subject to hydrolysis) is 1. The van der Waals surface area contributed by atoms with Gasteiger partial charge in [-0.05, 0) is 65.0 Å². The number of ether oxygens (including phenoxy) is 1. The summed E-state index contributed by atoms with van der Waals surface area (Å²) in [5.74, 6) is 0.443. The van der Waals surface area contributed by atoms with Gasteiger partial charge in [0.05, 0.1) is 11.9 Å². The molecule has 0 aromatic carbocycles. The Balaban J connectivity index is 2.01. The van der Waals surface area contributed by atoms with Gasteiger partial charge in [0.15, 0.2) is 0 Å². The van der Waals surface area contributed by atoms with Crippen molar-refractivity contribution in [1.82, 2.24) is 10.3 Å². The van der Waals surface area contributed by atoms with Crippen molar-refractivity contribution >= 4 is 17.7 Å². The van der Waals surface area contributed by atoms with E-state index in [1.54, 1.807) is 27.0 Å². The molecule has 2 rings (SSSR count). The Morgan fingerprint density at radius 3 is 2.56 bits per heavy atom. The maximum absolute atomic E-state index is 12.7. The van der Waals surface area contributed by atoms with Crippen LogP contribution in [-0.4, -0.2) is 28.6 Å². The minimum absolute atomic E-state index is 0.236. The highest BCUT2D eigenvalue weighted by Gasteiger charge is 2.28. The van der Waals surface area contributed by atoms with Crippen LogP contribution in [0.4, 0.5) is 10.5 Å². The van der Waals surface area contributed by atoms with Crippen molar-refractivity contribution in [2.75, 3.05) is 5.32 Å². The Kier molecular flexibility index (Phi) is 6.03. The number of rotatable bonds is 6. The molecule has 1 saturated carbocycles. The molecule has 1 heterocycles. The first-order valence-corrected chi connectivity index (χ1v) is 8.87. The number of hydrogen-bond acceptors (Lipinski definition) is 4. The van der Waals surface area contributed by atoms with Gasteiger partial charge in [-0.1, -0.05) is 12.8 Å². The van der Waals surface area contributed by atoms with E-state index < -0.39 is 17.7 Å². The summed E-state index contributed by atoms with van der Waals surface area (Å²) in [4.78, 5) is 29.0. The molecule has 1 aromatic heterocycles. The molecule has 0 bridgehead atoms. The molecule has 138 valence electrons. The molecule has 1 aliphatic carbocycles. The van der Waals surface area contributed by atoms with Crippen LogP contribution < -0.4 is 10.6 Å². The first kappa shape index (κ1) is 19.2. The first-order valence-electron chi connectivity index (χ1n) is 8.87. The average molecular weight is 347 g/mol. The van der Waals surface area contributed by atoms with Gasteiger partial charge in [0.2, 0.25) is 5.91 Å². The third-order valence-electron chi connectivity index (χ3n) is 4.07. The Bertz CT molecular complexity index is 633. The molecule has 1 unspecified atom stereocenters. The maximum Gasteiger partial charge on any atom is 0.408 e. The monoisotopic (exact) mass is 347 g/mol. The smallest absolute Gasteiger partial charge is 0.408 e. The summed E-state index contributed by atoms with van der Waals surface area (Å²) >= 11 is 0. The molecular weight excluding hydrogens is 318 g/mol. The topological polar surface area (TPSA) is 80.3 Å². The lowest BCUT2D eigenvalue weighted by atomic mass is 10.1. The molecule has 1 aliphatic rings. The summed E-state index contributed by atoms with van der Waals surface area (Å²) in [7, 11) is 0. The van der Waals surface area contributed by atoms with Crippen molar-refractivity contribution in [3.05, 3.63) is 23.5 Å². The molecule has 0 radical (unpaired) electrons.